The molecule has 0 radical (unpaired) electrons. The number of halogens is 2. The molecule has 2 rings (SSSR count). The van der Waals surface area contributed by atoms with E-state index in [4.69, 9.17) is 23.2 Å². The minimum absolute atomic E-state index is 0.144. The van der Waals surface area contributed by atoms with Crippen molar-refractivity contribution >= 4 is 46.8 Å². The second-order valence-electron chi connectivity index (χ2n) is 7.14. The zero-order valence-corrected chi connectivity index (χ0v) is 19.9. The van der Waals surface area contributed by atoms with Crippen LogP contribution in [0.3, 0.4) is 0 Å². The number of hydrogen-bond donors (Lipinski definition) is 1. The van der Waals surface area contributed by atoms with E-state index in [0.717, 1.165) is 23.3 Å². The van der Waals surface area contributed by atoms with Crippen molar-refractivity contribution in [3.8, 4) is 0 Å². The first-order chi connectivity index (χ1) is 14.3. The van der Waals surface area contributed by atoms with Crippen molar-refractivity contribution < 1.29 is 9.59 Å². The molecule has 0 saturated heterocycles. The number of nitrogens with one attached hydrogen (secondary N) is 1. The number of amides is 2. The van der Waals surface area contributed by atoms with Crippen molar-refractivity contribution in [2.45, 2.75) is 51.1 Å². The Morgan fingerprint density at radius 3 is 2.33 bits per heavy atom. The smallest absolute Gasteiger partial charge is 0.242 e. The number of unbranched alkanes of at least 4 members (excludes halogenated alkanes) is 1. The fourth-order valence-corrected chi connectivity index (χ4v) is 4.14. The van der Waals surface area contributed by atoms with Crippen LogP contribution in [-0.2, 0) is 16.1 Å². The van der Waals surface area contributed by atoms with Gasteiger partial charge in [0.1, 0.15) is 6.04 Å². The summed E-state index contributed by atoms with van der Waals surface area (Å²) in [5.41, 5.74) is 1.81. The van der Waals surface area contributed by atoms with Gasteiger partial charge in [-0.05, 0) is 44.5 Å². The van der Waals surface area contributed by atoms with E-state index in [1.165, 1.54) is 11.8 Å². The molecule has 0 spiro atoms. The van der Waals surface area contributed by atoms with E-state index in [1.807, 2.05) is 31.2 Å². The summed E-state index contributed by atoms with van der Waals surface area (Å²) in [5, 5.41) is 3.86. The second-order valence-corrected chi connectivity index (χ2v) is 9.01. The Labute approximate surface area is 193 Å². The van der Waals surface area contributed by atoms with Gasteiger partial charge in [0.05, 0.1) is 5.75 Å². The normalized spacial score (nSPS) is 11.8. The molecular formula is C23H28Cl2N2O2S. The lowest BCUT2D eigenvalue weighted by atomic mass is 10.1. The highest BCUT2D eigenvalue weighted by molar-refractivity contribution is 8.00. The minimum atomic E-state index is -0.639. The van der Waals surface area contributed by atoms with Crippen LogP contribution in [-0.4, -0.2) is 35.1 Å². The molecule has 0 aliphatic carbocycles. The van der Waals surface area contributed by atoms with Gasteiger partial charge in [-0.25, -0.2) is 0 Å². The fourth-order valence-electron chi connectivity index (χ4n) is 2.83. The molecule has 0 saturated carbocycles. The number of benzene rings is 2. The highest BCUT2D eigenvalue weighted by atomic mass is 35.5. The summed E-state index contributed by atoms with van der Waals surface area (Å²) in [4.78, 5) is 28.3. The van der Waals surface area contributed by atoms with Crippen LogP contribution in [0.5, 0.6) is 0 Å². The lowest BCUT2D eigenvalue weighted by Gasteiger charge is -2.29. The second kappa shape index (κ2) is 12.2. The zero-order chi connectivity index (χ0) is 22.1. The summed E-state index contributed by atoms with van der Waals surface area (Å²) < 4.78 is 0. The van der Waals surface area contributed by atoms with Crippen LogP contribution in [0.15, 0.2) is 47.4 Å². The molecule has 4 nitrogen and oxygen atoms in total. The third-order valence-corrected chi connectivity index (χ3v) is 6.48. The Morgan fingerprint density at radius 2 is 1.73 bits per heavy atom. The predicted octanol–water partition coefficient (Wildman–Crippen LogP) is 5.73. The van der Waals surface area contributed by atoms with Crippen molar-refractivity contribution in [3.63, 3.8) is 0 Å². The molecule has 0 aliphatic heterocycles. The van der Waals surface area contributed by atoms with Gasteiger partial charge in [-0.1, -0.05) is 60.3 Å². The Bertz CT molecular complexity index is 839. The largest absolute Gasteiger partial charge is 0.354 e. The summed E-state index contributed by atoms with van der Waals surface area (Å²) in [5.74, 6) is -0.104. The van der Waals surface area contributed by atoms with E-state index >= 15 is 0 Å². The monoisotopic (exact) mass is 466 g/mol. The van der Waals surface area contributed by atoms with Gasteiger partial charge in [0.2, 0.25) is 11.8 Å². The number of hydrogen-bond acceptors (Lipinski definition) is 3. The summed E-state index contributed by atoms with van der Waals surface area (Å²) >= 11 is 14.1. The van der Waals surface area contributed by atoms with E-state index < -0.39 is 6.04 Å². The van der Waals surface area contributed by atoms with Crippen molar-refractivity contribution in [1.82, 2.24) is 10.2 Å². The molecule has 2 aromatic carbocycles. The summed E-state index contributed by atoms with van der Waals surface area (Å²) in [6, 6.07) is 12.6. The molecule has 0 fully saturated rings. The lowest BCUT2D eigenvalue weighted by Crippen LogP contribution is -2.48. The Hall–Kier alpha value is -1.69. The molecule has 0 unspecified atom stereocenters. The molecule has 162 valence electrons. The van der Waals surface area contributed by atoms with Gasteiger partial charge < -0.3 is 10.2 Å². The molecule has 0 bridgehead atoms. The van der Waals surface area contributed by atoms with Crippen molar-refractivity contribution in [3.05, 3.63) is 63.6 Å². The first kappa shape index (κ1) is 24.6. The van der Waals surface area contributed by atoms with E-state index in [2.05, 4.69) is 12.2 Å². The standard InChI is InChI=1S/C23H28Cl2N2O2S/c1-4-5-13-26-23(29)17(3)27(14-19-20(24)7-6-8-21(19)25)22(28)15-30-18-11-9-16(2)10-12-18/h6-12,17H,4-5,13-15H2,1-3H3,(H,26,29)/t17-/m0/s1. The number of aryl methyl sites for hydroxylation is 1. The van der Waals surface area contributed by atoms with Gasteiger partial charge >= 0.3 is 0 Å². The molecule has 0 aliphatic rings. The Morgan fingerprint density at radius 1 is 1.10 bits per heavy atom. The van der Waals surface area contributed by atoms with Gasteiger partial charge in [-0.3, -0.25) is 9.59 Å². The van der Waals surface area contributed by atoms with Gasteiger partial charge in [-0.15, -0.1) is 11.8 Å². The molecule has 2 amide bonds. The third kappa shape index (κ3) is 7.22. The van der Waals surface area contributed by atoms with Crippen LogP contribution in [0.2, 0.25) is 10.0 Å². The molecule has 0 aromatic heterocycles. The molecule has 1 atom stereocenters. The van der Waals surface area contributed by atoms with Gasteiger partial charge in [0, 0.05) is 33.6 Å². The first-order valence-electron chi connectivity index (χ1n) is 10.0. The van der Waals surface area contributed by atoms with E-state index in [0.29, 0.717) is 22.2 Å². The molecule has 0 heterocycles. The van der Waals surface area contributed by atoms with Gasteiger partial charge in [-0.2, -0.15) is 0 Å². The SMILES string of the molecule is CCCCNC(=O)[C@H](C)N(Cc1c(Cl)cccc1Cl)C(=O)CSc1ccc(C)cc1. The molecule has 7 heteroatoms. The zero-order valence-electron chi connectivity index (χ0n) is 17.6. The maximum Gasteiger partial charge on any atom is 0.242 e. The number of thioether (sulfide) groups is 1. The van der Waals surface area contributed by atoms with Crippen molar-refractivity contribution in [2.24, 2.45) is 0 Å². The highest BCUT2D eigenvalue weighted by Crippen LogP contribution is 2.27. The highest BCUT2D eigenvalue weighted by Gasteiger charge is 2.27. The first-order valence-corrected chi connectivity index (χ1v) is 11.8. The third-order valence-electron chi connectivity index (χ3n) is 4.77. The van der Waals surface area contributed by atoms with Gasteiger partial charge in [0.25, 0.3) is 0 Å². The van der Waals surface area contributed by atoms with Crippen molar-refractivity contribution in [2.75, 3.05) is 12.3 Å². The molecule has 30 heavy (non-hydrogen) atoms. The maximum absolute atomic E-state index is 13.1. The van der Waals surface area contributed by atoms with Crippen LogP contribution in [0, 0.1) is 6.92 Å². The topological polar surface area (TPSA) is 49.4 Å². The average molecular weight is 467 g/mol. The van der Waals surface area contributed by atoms with E-state index in [1.54, 1.807) is 30.0 Å². The van der Waals surface area contributed by atoms with Crippen LogP contribution in [0.25, 0.3) is 0 Å². The van der Waals surface area contributed by atoms with E-state index in [-0.39, 0.29) is 24.1 Å². The predicted molar refractivity (Wildman–Crippen MR) is 126 cm³/mol. The summed E-state index contributed by atoms with van der Waals surface area (Å²) in [7, 11) is 0. The number of carbonyl (C=O) groups excluding carboxylic acids is 2. The minimum Gasteiger partial charge on any atom is -0.354 e. The van der Waals surface area contributed by atoms with Crippen LogP contribution >= 0.6 is 35.0 Å². The van der Waals surface area contributed by atoms with Crippen LogP contribution in [0.1, 0.15) is 37.8 Å². The summed E-state index contributed by atoms with van der Waals surface area (Å²) in [6.45, 7) is 6.59. The van der Waals surface area contributed by atoms with Gasteiger partial charge in [0.15, 0.2) is 0 Å². The molecule has 2 aromatic rings. The number of nitrogens with zero attached hydrogens (tertiary/aromatic N) is 1. The molecule has 1 N–H and O–H groups in total. The van der Waals surface area contributed by atoms with Crippen LogP contribution < -0.4 is 5.32 Å². The maximum atomic E-state index is 13.1. The fraction of sp³-hybridized carbons (Fsp3) is 0.391. The van der Waals surface area contributed by atoms with E-state index in [9.17, 15) is 9.59 Å². The quantitative estimate of drug-likeness (QED) is 0.359. The lowest BCUT2D eigenvalue weighted by molar-refractivity contribution is -0.138. The summed E-state index contributed by atoms with van der Waals surface area (Å²) in [6.07, 6.45) is 1.88. The molecular weight excluding hydrogens is 439 g/mol. The number of carbonyl (C=O) groups is 2. The van der Waals surface area contributed by atoms with Crippen molar-refractivity contribution in [1.29, 1.82) is 0 Å². The van der Waals surface area contributed by atoms with Crippen LogP contribution in [0.4, 0.5) is 0 Å². The average Bonchev–Trinajstić information content (AvgIpc) is 2.72. The Kier molecular flexibility index (Phi) is 10.0. The number of rotatable bonds is 10. The Balaban J connectivity index is 2.17.